The van der Waals surface area contributed by atoms with E-state index in [9.17, 15) is 9.59 Å². The Morgan fingerprint density at radius 3 is 2.48 bits per heavy atom. The highest BCUT2D eigenvalue weighted by Gasteiger charge is 2.14. The molecule has 6 nitrogen and oxygen atoms in total. The Hall–Kier alpha value is -3.13. The van der Waals surface area contributed by atoms with Crippen LogP contribution in [0.3, 0.4) is 0 Å². The molecule has 1 heterocycles. The first-order valence-corrected chi connectivity index (χ1v) is 11.7. The number of carbonyl (C=O) groups is 1. The van der Waals surface area contributed by atoms with Crippen molar-refractivity contribution in [2.45, 2.75) is 12.1 Å². The fourth-order valence-electron chi connectivity index (χ4n) is 3.10. The highest BCUT2D eigenvalue weighted by Crippen LogP contribution is 2.23. The Morgan fingerprint density at radius 1 is 1.06 bits per heavy atom. The second kappa shape index (κ2) is 10.2. The van der Waals surface area contributed by atoms with Gasteiger partial charge >= 0.3 is 0 Å². The lowest BCUT2D eigenvalue weighted by molar-refractivity contribution is -0.118. The molecule has 4 aromatic rings. The van der Waals surface area contributed by atoms with Crippen LogP contribution in [0.4, 0.5) is 0 Å². The summed E-state index contributed by atoms with van der Waals surface area (Å²) in [5.74, 6) is -0.359. The van der Waals surface area contributed by atoms with E-state index in [0.717, 1.165) is 17.3 Å². The summed E-state index contributed by atoms with van der Waals surface area (Å²) in [4.78, 5) is 30.3. The topological polar surface area (TPSA) is 76.3 Å². The molecule has 0 aliphatic carbocycles. The predicted octanol–water partition coefficient (Wildman–Crippen LogP) is 5.24. The average molecular weight is 497 g/mol. The molecule has 0 fully saturated rings. The molecule has 0 bridgehead atoms. The average Bonchev–Trinajstić information content (AvgIpc) is 2.80. The summed E-state index contributed by atoms with van der Waals surface area (Å²) >= 11 is 13.4. The smallest absolute Gasteiger partial charge is 0.266 e. The van der Waals surface area contributed by atoms with Crippen LogP contribution in [-0.4, -0.2) is 27.4 Å². The van der Waals surface area contributed by atoms with E-state index < -0.39 is 0 Å². The van der Waals surface area contributed by atoms with Crippen LogP contribution in [0.5, 0.6) is 0 Å². The lowest BCUT2D eigenvalue weighted by Crippen LogP contribution is -2.24. The highest BCUT2D eigenvalue weighted by molar-refractivity contribution is 7.99. The number of thioether (sulfide) groups is 1. The number of hydrogen-bond donors (Lipinski definition) is 1. The summed E-state index contributed by atoms with van der Waals surface area (Å²) in [5.41, 5.74) is 5.09. The summed E-state index contributed by atoms with van der Waals surface area (Å²) in [6.45, 7) is 1.97. The summed E-state index contributed by atoms with van der Waals surface area (Å²) in [7, 11) is 0. The van der Waals surface area contributed by atoms with E-state index in [1.54, 1.807) is 36.4 Å². The number of hydrazone groups is 1. The van der Waals surface area contributed by atoms with Gasteiger partial charge in [-0.3, -0.25) is 14.2 Å². The predicted molar refractivity (Wildman–Crippen MR) is 135 cm³/mol. The summed E-state index contributed by atoms with van der Waals surface area (Å²) in [6, 6.07) is 19.8. The van der Waals surface area contributed by atoms with Gasteiger partial charge in [-0.15, -0.1) is 0 Å². The summed E-state index contributed by atoms with van der Waals surface area (Å²) in [6.07, 6.45) is 1.39. The number of aryl methyl sites for hydroxylation is 1. The number of hydrogen-bond acceptors (Lipinski definition) is 5. The fraction of sp³-hybridized carbons (Fsp3) is 0.0833. The molecule has 0 aliphatic heterocycles. The van der Waals surface area contributed by atoms with Gasteiger partial charge in [0.25, 0.3) is 11.5 Å². The SMILES string of the molecule is Cc1ccc(-n2c(SCC(=O)N/N=C\c3c(Cl)cccc3Cl)nc3ccccc3c2=O)cc1. The number of nitrogens with zero attached hydrogens (tertiary/aromatic N) is 3. The van der Waals surface area contributed by atoms with E-state index in [2.05, 4.69) is 15.5 Å². The van der Waals surface area contributed by atoms with E-state index >= 15 is 0 Å². The number of para-hydroxylation sites is 1. The Bertz CT molecular complexity index is 1400. The molecule has 1 N–H and O–H groups in total. The number of fused-ring (bicyclic) bond motifs is 1. The van der Waals surface area contributed by atoms with Crippen molar-refractivity contribution in [1.82, 2.24) is 15.0 Å². The van der Waals surface area contributed by atoms with Gasteiger partial charge in [0, 0.05) is 5.56 Å². The molecule has 0 atom stereocenters. The Balaban J connectivity index is 1.57. The third kappa shape index (κ3) is 5.27. The van der Waals surface area contributed by atoms with E-state index in [1.165, 1.54) is 10.8 Å². The van der Waals surface area contributed by atoms with Crippen molar-refractivity contribution in [3.8, 4) is 5.69 Å². The molecule has 33 heavy (non-hydrogen) atoms. The molecule has 0 unspecified atom stereocenters. The third-order valence-electron chi connectivity index (χ3n) is 4.75. The van der Waals surface area contributed by atoms with E-state index in [0.29, 0.717) is 37.4 Å². The van der Waals surface area contributed by atoms with Crippen LogP contribution in [0.2, 0.25) is 10.0 Å². The molecule has 1 aromatic heterocycles. The van der Waals surface area contributed by atoms with Gasteiger partial charge in [0.05, 0.1) is 38.6 Å². The molecule has 9 heteroatoms. The van der Waals surface area contributed by atoms with Crippen molar-refractivity contribution < 1.29 is 4.79 Å². The number of halogens is 2. The molecular formula is C24H18Cl2N4O2S. The van der Waals surface area contributed by atoms with Gasteiger partial charge in [0.1, 0.15) is 0 Å². The number of nitrogens with one attached hydrogen (secondary N) is 1. The second-order valence-corrected chi connectivity index (χ2v) is 8.86. The number of benzene rings is 3. The number of amides is 1. The molecule has 4 rings (SSSR count). The number of carbonyl (C=O) groups excluding carboxylic acids is 1. The maximum atomic E-state index is 13.2. The highest BCUT2D eigenvalue weighted by atomic mass is 35.5. The van der Waals surface area contributed by atoms with E-state index in [-0.39, 0.29) is 17.2 Å². The largest absolute Gasteiger partial charge is 0.272 e. The molecule has 166 valence electrons. The quantitative estimate of drug-likeness (QED) is 0.171. The molecule has 0 saturated carbocycles. The van der Waals surface area contributed by atoms with Crippen LogP contribution < -0.4 is 11.0 Å². The standard InChI is InChI=1S/C24H18Cl2N4O2S/c1-15-9-11-16(12-10-15)30-23(32)17-5-2-3-8-21(17)28-24(30)33-14-22(31)29-27-13-18-19(25)6-4-7-20(18)26/h2-13H,14H2,1H3,(H,29,31)/b27-13-. The van der Waals surface area contributed by atoms with E-state index in [1.807, 2.05) is 37.3 Å². The van der Waals surface area contributed by atoms with E-state index in [4.69, 9.17) is 23.2 Å². The maximum Gasteiger partial charge on any atom is 0.266 e. The van der Waals surface area contributed by atoms with Gasteiger partial charge in [0.15, 0.2) is 5.16 Å². The first-order valence-electron chi connectivity index (χ1n) is 9.91. The van der Waals surface area contributed by atoms with Gasteiger partial charge < -0.3 is 0 Å². The van der Waals surface area contributed by atoms with Crippen LogP contribution in [0.25, 0.3) is 16.6 Å². The summed E-state index contributed by atoms with van der Waals surface area (Å²) in [5, 5.41) is 5.71. The van der Waals surface area contributed by atoms with Gasteiger partial charge in [-0.05, 0) is 43.3 Å². The third-order valence-corrected chi connectivity index (χ3v) is 6.35. The van der Waals surface area contributed by atoms with Crippen LogP contribution in [0.1, 0.15) is 11.1 Å². The maximum absolute atomic E-state index is 13.2. The normalized spacial score (nSPS) is 11.2. The molecule has 3 aromatic carbocycles. The molecule has 0 aliphatic rings. The van der Waals surface area contributed by atoms with Gasteiger partial charge in [-0.2, -0.15) is 5.10 Å². The van der Waals surface area contributed by atoms with Gasteiger partial charge in [-0.25, -0.2) is 10.4 Å². The lowest BCUT2D eigenvalue weighted by atomic mass is 10.2. The summed E-state index contributed by atoms with van der Waals surface area (Å²) < 4.78 is 1.52. The van der Waals surface area contributed by atoms with Crippen LogP contribution in [0, 0.1) is 6.92 Å². The van der Waals surface area contributed by atoms with Crippen molar-refractivity contribution in [3.63, 3.8) is 0 Å². The second-order valence-electron chi connectivity index (χ2n) is 7.10. The first kappa shape index (κ1) is 23.0. The molecule has 1 amide bonds. The molecular weight excluding hydrogens is 479 g/mol. The number of aromatic nitrogens is 2. The Labute approximate surface area is 204 Å². The van der Waals surface area contributed by atoms with Crippen molar-refractivity contribution in [2.75, 3.05) is 5.75 Å². The minimum absolute atomic E-state index is 0.00420. The van der Waals surface area contributed by atoms with Crippen LogP contribution in [0.15, 0.2) is 81.8 Å². The van der Waals surface area contributed by atoms with Crippen molar-refractivity contribution in [1.29, 1.82) is 0 Å². The zero-order valence-electron chi connectivity index (χ0n) is 17.5. The van der Waals surface area contributed by atoms with Gasteiger partial charge in [0.2, 0.25) is 0 Å². The first-order chi connectivity index (χ1) is 15.9. The van der Waals surface area contributed by atoms with Gasteiger partial charge in [-0.1, -0.05) is 70.9 Å². The number of rotatable bonds is 6. The molecule has 0 saturated heterocycles. The Morgan fingerprint density at radius 2 is 1.76 bits per heavy atom. The molecule has 0 radical (unpaired) electrons. The fourth-order valence-corrected chi connectivity index (χ4v) is 4.40. The Kier molecular flexibility index (Phi) is 7.13. The zero-order chi connectivity index (χ0) is 23.4. The minimum atomic E-state index is -0.364. The van der Waals surface area contributed by atoms with Crippen LogP contribution in [-0.2, 0) is 4.79 Å². The van der Waals surface area contributed by atoms with Crippen molar-refractivity contribution >= 4 is 58.0 Å². The lowest BCUT2D eigenvalue weighted by Gasteiger charge is -2.13. The molecule has 0 spiro atoms. The van der Waals surface area contributed by atoms with Crippen molar-refractivity contribution in [3.05, 3.63) is 98.3 Å². The minimum Gasteiger partial charge on any atom is -0.272 e. The zero-order valence-corrected chi connectivity index (χ0v) is 19.8. The van der Waals surface area contributed by atoms with Crippen LogP contribution >= 0.6 is 35.0 Å². The van der Waals surface area contributed by atoms with Crippen molar-refractivity contribution in [2.24, 2.45) is 5.10 Å². The monoisotopic (exact) mass is 496 g/mol.